The van der Waals surface area contributed by atoms with Crippen molar-refractivity contribution < 1.29 is 9.15 Å². The Bertz CT molecular complexity index is 1440. The van der Waals surface area contributed by atoms with Crippen LogP contribution in [0.4, 0.5) is 0 Å². The van der Waals surface area contributed by atoms with Crippen LogP contribution in [0.3, 0.4) is 0 Å². The van der Waals surface area contributed by atoms with Gasteiger partial charge in [-0.2, -0.15) is 0 Å². The van der Waals surface area contributed by atoms with Crippen LogP contribution in [0, 0.1) is 0 Å². The highest BCUT2D eigenvalue weighted by Gasteiger charge is 2.16. The van der Waals surface area contributed by atoms with Gasteiger partial charge in [0.15, 0.2) is 5.82 Å². The number of hydrogen-bond donors (Lipinski definition) is 1. The maximum absolute atomic E-state index is 12.9. The number of ether oxygens (including phenoxy) is 1. The first-order valence-corrected chi connectivity index (χ1v) is 11.5. The summed E-state index contributed by atoms with van der Waals surface area (Å²) in [4.78, 5) is 18.1. The maximum Gasteiger partial charge on any atom is 0.252 e. The van der Waals surface area contributed by atoms with Crippen LogP contribution in [0.25, 0.3) is 10.9 Å². The molecule has 0 aliphatic heterocycles. The summed E-state index contributed by atoms with van der Waals surface area (Å²) < 4.78 is 12.8. The summed E-state index contributed by atoms with van der Waals surface area (Å²) in [5, 5.41) is 13.2. The Labute approximate surface area is 202 Å². The molecule has 0 spiro atoms. The maximum atomic E-state index is 12.9. The fourth-order valence-corrected chi connectivity index (χ4v) is 4.06. The van der Waals surface area contributed by atoms with Gasteiger partial charge >= 0.3 is 0 Å². The molecule has 178 valence electrons. The zero-order valence-electron chi connectivity index (χ0n) is 19.4. The van der Waals surface area contributed by atoms with Gasteiger partial charge in [-0.3, -0.25) is 9.69 Å². The number of hydrogen-bond acceptors (Lipinski definition) is 7. The predicted octanol–water partition coefficient (Wildman–Crippen LogP) is 3.76. The van der Waals surface area contributed by atoms with Crippen LogP contribution in [0.2, 0.25) is 0 Å². The highest BCUT2D eigenvalue weighted by molar-refractivity contribution is 5.80. The van der Waals surface area contributed by atoms with Gasteiger partial charge in [0.05, 0.1) is 19.4 Å². The average molecular weight is 471 g/mol. The van der Waals surface area contributed by atoms with Crippen LogP contribution in [-0.2, 0) is 26.2 Å². The van der Waals surface area contributed by atoms with E-state index in [0.29, 0.717) is 44.2 Å². The fourth-order valence-electron chi connectivity index (χ4n) is 4.06. The number of aromatic amines is 1. The molecular weight excluding hydrogens is 444 g/mol. The number of nitrogens with zero attached hydrogens (tertiary/aromatic N) is 5. The van der Waals surface area contributed by atoms with Crippen molar-refractivity contribution >= 4 is 10.9 Å². The van der Waals surface area contributed by atoms with Crippen LogP contribution in [0.5, 0.6) is 5.75 Å². The van der Waals surface area contributed by atoms with E-state index in [1.165, 1.54) is 0 Å². The Morgan fingerprint density at radius 3 is 2.71 bits per heavy atom. The molecule has 0 atom stereocenters. The quantitative estimate of drug-likeness (QED) is 0.332. The second kappa shape index (κ2) is 10.4. The lowest BCUT2D eigenvalue weighted by molar-refractivity contribution is 0.235. The van der Waals surface area contributed by atoms with Crippen LogP contribution in [0.1, 0.15) is 29.6 Å². The Morgan fingerprint density at radius 1 is 1.03 bits per heavy atom. The molecule has 5 rings (SSSR count). The van der Waals surface area contributed by atoms with Crippen molar-refractivity contribution in [1.82, 2.24) is 30.1 Å². The number of tetrazole rings is 1. The van der Waals surface area contributed by atoms with Gasteiger partial charge in [0, 0.05) is 29.6 Å². The minimum atomic E-state index is -0.116. The third-order valence-electron chi connectivity index (χ3n) is 5.70. The summed E-state index contributed by atoms with van der Waals surface area (Å²) in [6, 6.07) is 21.5. The van der Waals surface area contributed by atoms with Gasteiger partial charge in [-0.1, -0.05) is 30.3 Å². The molecule has 0 saturated carbocycles. The lowest BCUT2D eigenvalue weighted by atomic mass is 10.1. The zero-order chi connectivity index (χ0) is 24.0. The van der Waals surface area contributed by atoms with E-state index in [2.05, 4.69) is 37.5 Å². The molecule has 0 amide bonds. The van der Waals surface area contributed by atoms with Crippen molar-refractivity contribution in [3.8, 4) is 5.75 Å². The number of H-pyrrole nitrogens is 1. The normalized spacial score (nSPS) is 11.4. The second-order valence-corrected chi connectivity index (χ2v) is 8.27. The van der Waals surface area contributed by atoms with Crippen molar-refractivity contribution in [2.45, 2.75) is 33.1 Å². The third-order valence-corrected chi connectivity index (χ3v) is 5.70. The smallest absolute Gasteiger partial charge is 0.252 e. The molecule has 0 saturated heterocycles. The van der Waals surface area contributed by atoms with E-state index >= 15 is 0 Å². The van der Waals surface area contributed by atoms with Gasteiger partial charge < -0.3 is 14.1 Å². The van der Waals surface area contributed by atoms with Gasteiger partial charge in [0.2, 0.25) is 0 Å². The van der Waals surface area contributed by atoms with Crippen molar-refractivity contribution in [2.75, 3.05) is 6.61 Å². The number of furan rings is 1. The fraction of sp³-hybridized carbons (Fsp3) is 0.231. The first-order chi connectivity index (χ1) is 17.2. The Morgan fingerprint density at radius 2 is 1.91 bits per heavy atom. The summed E-state index contributed by atoms with van der Waals surface area (Å²) >= 11 is 0. The molecule has 3 aromatic heterocycles. The Balaban J connectivity index is 1.44. The molecule has 35 heavy (non-hydrogen) atoms. The lowest BCUT2D eigenvalue weighted by Crippen LogP contribution is -2.28. The van der Waals surface area contributed by atoms with Gasteiger partial charge in [-0.05, 0) is 59.3 Å². The molecule has 0 aliphatic rings. The molecule has 0 bridgehead atoms. The zero-order valence-corrected chi connectivity index (χ0v) is 19.4. The van der Waals surface area contributed by atoms with E-state index in [-0.39, 0.29) is 5.56 Å². The lowest BCUT2D eigenvalue weighted by Gasteiger charge is -2.22. The van der Waals surface area contributed by atoms with Crippen molar-refractivity contribution in [3.05, 3.63) is 106 Å². The van der Waals surface area contributed by atoms with Crippen molar-refractivity contribution in [2.24, 2.45) is 0 Å². The Hall–Kier alpha value is -4.24. The summed E-state index contributed by atoms with van der Waals surface area (Å²) in [7, 11) is 0. The minimum Gasteiger partial charge on any atom is -0.494 e. The Kier molecular flexibility index (Phi) is 6.67. The number of fused-ring (bicyclic) bond motifs is 1. The van der Waals surface area contributed by atoms with Gasteiger partial charge in [-0.25, -0.2) is 4.68 Å². The first kappa shape index (κ1) is 22.5. The summed E-state index contributed by atoms with van der Waals surface area (Å²) in [6.45, 7) is 4.48. The largest absolute Gasteiger partial charge is 0.494 e. The summed E-state index contributed by atoms with van der Waals surface area (Å²) in [5.41, 5.74) is 2.45. The van der Waals surface area contributed by atoms with E-state index in [4.69, 9.17) is 9.15 Å². The van der Waals surface area contributed by atoms with Crippen molar-refractivity contribution in [3.63, 3.8) is 0 Å². The van der Waals surface area contributed by atoms with Crippen LogP contribution in [0.15, 0.2) is 82.2 Å². The van der Waals surface area contributed by atoms with E-state index in [1.807, 2.05) is 61.5 Å². The van der Waals surface area contributed by atoms with E-state index in [9.17, 15) is 4.79 Å². The molecule has 0 radical (unpaired) electrons. The predicted molar refractivity (Wildman–Crippen MR) is 131 cm³/mol. The van der Waals surface area contributed by atoms with E-state index < -0.39 is 0 Å². The molecule has 5 aromatic rings. The number of benzene rings is 2. The number of rotatable bonds is 10. The second-order valence-electron chi connectivity index (χ2n) is 8.27. The average Bonchev–Trinajstić information content (AvgIpc) is 3.53. The highest BCUT2D eigenvalue weighted by atomic mass is 16.5. The van der Waals surface area contributed by atoms with Crippen molar-refractivity contribution in [1.29, 1.82) is 0 Å². The highest BCUT2D eigenvalue weighted by Crippen LogP contribution is 2.20. The minimum absolute atomic E-state index is 0.116. The SMILES string of the molecule is CCOc1ccc2[nH]c(=O)c(CN(Cc3ccccc3)Cc3nnnn3Cc3ccco3)cc2c1. The van der Waals surface area contributed by atoms with Crippen LogP contribution in [-0.4, -0.2) is 36.7 Å². The molecule has 0 fully saturated rings. The molecule has 3 heterocycles. The molecule has 0 aliphatic carbocycles. The number of pyridine rings is 1. The standard InChI is InChI=1S/C26H26N6O3/c1-2-34-22-10-11-24-20(14-22)13-21(26(33)27-24)16-31(15-19-7-4-3-5-8-19)18-25-28-29-30-32(25)17-23-9-6-12-35-23/h3-14H,2,15-18H2,1H3,(H,27,33). The number of nitrogens with one attached hydrogen (secondary N) is 1. The molecule has 1 N–H and O–H groups in total. The molecule has 9 heteroatoms. The molecule has 2 aromatic carbocycles. The third kappa shape index (κ3) is 5.47. The summed E-state index contributed by atoms with van der Waals surface area (Å²) in [6.07, 6.45) is 1.63. The van der Waals surface area contributed by atoms with Gasteiger partial charge in [-0.15, -0.1) is 5.10 Å². The van der Waals surface area contributed by atoms with E-state index in [1.54, 1.807) is 10.9 Å². The topological polar surface area (TPSA) is 102 Å². The molecular formula is C26H26N6O3. The van der Waals surface area contributed by atoms with Crippen LogP contribution >= 0.6 is 0 Å². The first-order valence-electron chi connectivity index (χ1n) is 11.5. The van der Waals surface area contributed by atoms with Crippen LogP contribution < -0.4 is 10.3 Å². The summed E-state index contributed by atoms with van der Waals surface area (Å²) in [5.74, 6) is 2.23. The van der Waals surface area contributed by atoms with Gasteiger partial charge in [0.1, 0.15) is 18.1 Å². The molecule has 9 nitrogen and oxygen atoms in total. The molecule has 0 unspecified atom stereocenters. The number of aromatic nitrogens is 5. The monoisotopic (exact) mass is 470 g/mol. The van der Waals surface area contributed by atoms with Gasteiger partial charge in [0.25, 0.3) is 5.56 Å². The van der Waals surface area contributed by atoms with E-state index in [0.717, 1.165) is 28.0 Å².